The molecule has 4 aromatic rings. The summed E-state index contributed by atoms with van der Waals surface area (Å²) in [5.41, 5.74) is 5.97. The number of allylic oxidation sites excluding steroid dienone is 2. The summed E-state index contributed by atoms with van der Waals surface area (Å²) < 4.78 is 11.9. The zero-order valence-corrected chi connectivity index (χ0v) is 20.3. The summed E-state index contributed by atoms with van der Waals surface area (Å²) in [6, 6.07) is 26.2. The van der Waals surface area contributed by atoms with E-state index < -0.39 is 12.6 Å². The fourth-order valence-corrected chi connectivity index (χ4v) is 4.79. The number of benzene rings is 3. The molecule has 5 nitrogen and oxygen atoms in total. The van der Waals surface area contributed by atoms with E-state index in [0.29, 0.717) is 11.6 Å². The van der Waals surface area contributed by atoms with Gasteiger partial charge in [-0.2, -0.15) is 0 Å². The maximum absolute atomic E-state index is 10.9. The first-order valence-corrected chi connectivity index (χ1v) is 12.3. The van der Waals surface area contributed by atoms with Crippen LogP contribution >= 0.6 is 0 Å². The molecule has 0 N–H and O–H groups in total. The lowest BCUT2D eigenvalue weighted by molar-refractivity contribution is -0.307. The molecule has 0 spiro atoms. The number of aliphatic carboxylic acids is 1. The second-order valence-corrected chi connectivity index (χ2v) is 9.18. The van der Waals surface area contributed by atoms with Crippen LogP contribution in [0.3, 0.4) is 0 Å². The van der Waals surface area contributed by atoms with Gasteiger partial charge >= 0.3 is 0 Å². The number of carboxylic acid groups (broad SMARTS) is 1. The van der Waals surface area contributed by atoms with Crippen LogP contribution in [0.5, 0.6) is 5.75 Å². The van der Waals surface area contributed by atoms with Crippen LogP contribution in [-0.4, -0.2) is 17.6 Å². The second-order valence-electron chi connectivity index (χ2n) is 9.18. The second kappa shape index (κ2) is 10.6. The number of carbonyl (C=O) groups is 1. The van der Waals surface area contributed by atoms with Crippen LogP contribution in [0, 0.1) is 12.8 Å². The van der Waals surface area contributed by atoms with Crippen molar-refractivity contribution in [3.05, 3.63) is 102 Å². The van der Waals surface area contributed by atoms with Gasteiger partial charge in [0.2, 0.25) is 5.89 Å². The fourth-order valence-electron chi connectivity index (χ4n) is 4.79. The van der Waals surface area contributed by atoms with Gasteiger partial charge in [-0.1, -0.05) is 78.9 Å². The number of aryl methyl sites for hydroxylation is 1. The van der Waals surface area contributed by atoms with Crippen LogP contribution in [0.2, 0.25) is 0 Å². The summed E-state index contributed by atoms with van der Waals surface area (Å²) in [5, 5.41) is 10.9. The van der Waals surface area contributed by atoms with Gasteiger partial charge in [0, 0.05) is 16.7 Å². The Morgan fingerprint density at radius 3 is 2.47 bits per heavy atom. The minimum atomic E-state index is -1.23. The predicted molar refractivity (Wildman–Crippen MR) is 138 cm³/mol. The average molecular weight is 479 g/mol. The molecule has 0 bridgehead atoms. The number of oxazole rings is 1. The molecule has 36 heavy (non-hydrogen) atoms. The number of carbonyl (C=O) groups excluding carboxylic acids is 1. The summed E-state index contributed by atoms with van der Waals surface area (Å²) >= 11 is 0. The van der Waals surface area contributed by atoms with E-state index in [4.69, 9.17) is 14.1 Å². The molecule has 1 atom stereocenters. The standard InChI is InChI=1S/C31H29NO4/c1-21-16-17-22(19-27(21)35-20-28(33)34)18-25-14-8-9-15-26(25)31-32-29(23-10-4-2-5-11-23)30(36-31)24-12-6-3-7-13-24/h2-7,10-13,15-17,19,25H,8-9,14,18,20H2,1H3,(H,33,34)/p-1. The molecule has 3 aromatic carbocycles. The van der Waals surface area contributed by atoms with Crippen molar-refractivity contribution in [1.29, 1.82) is 0 Å². The third-order valence-electron chi connectivity index (χ3n) is 6.60. The van der Waals surface area contributed by atoms with Crippen molar-refractivity contribution in [2.75, 3.05) is 6.61 Å². The molecule has 5 rings (SSSR count). The van der Waals surface area contributed by atoms with E-state index in [9.17, 15) is 9.90 Å². The highest BCUT2D eigenvalue weighted by Gasteiger charge is 2.26. The third kappa shape index (κ3) is 5.25. The van der Waals surface area contributed by atoms with Crippen molar-refractivity contribution < 1.29 is 19.1 Å². The highest BCUT2D eigenvalue weighted by molar-refractivity contribution is 5.79. The monoisotopic (exact) mass is 478 g/mol. The van der Waals surface area contributed by atoms with Crippen molar-refractivity contribution in [3.8, 4) is 28.3 Å². The largest absolute Gasteiger partial charge is 0.546 e. The van der Waals surface area contributed by atoms with E-state index in [1.54, 1.807) is 0 Å². The number of carboxylic acids is 1. The van der Waals surface area contributed by atoms with E-state index in [2.05, 4.69) is 24.3 Å². The lowest BCUT2D eigenvalue weighted by Crippen LogP contribution is -2.29. The molecule has 1 aliphatic rings. The van der Waals surface area contributed by atoms with Crippen LogP contribution < -0.4 is 9.84 Å². The van der Waals surface area contributed by atoms with Crippen molar-refractivity contribution in [1.82, 2.24) is 4.98 Å². The molecule has 1 unspecified atom stereocenters. The molecular weight excluding hydrogens is 450 g/mol. The molecular formula is C31H28NO4-. The molecule has 0 fully saturated rings. The van der Waals surface area contributed by atoms with Gasteiger partial charge in [-0.25, -0.2) is 4.98 Å². The van der Waals surface area contributed by atoms with Crippen molar-refractivity contribution in [2.24, 2.45) is 5.92 Å². The number of nitrogens with zero attached hydrogens (tertiary/aromatic N) is 1. The maximum atomic E-state index is 10.9. The Kier molecular flexibility index (Phi) is 6.99. The third-order valence-corrected chi connectivity index (χ3v) is 6.60. The normalized spacial score (nSPS) is 15.4. The Hall–Kier alpha value is -4.12. The van der Waals surface area contributed by atoms with E-state index in [-0.39, 0.29) is 5.92 Å². The highest BCUT2D eigenvalue weighted by Crippen LogP contribution is 2.40. The smallest absolute Gasteiger partial charge is 0.223 e. The average Bonchev–Trinajstić information content (AvgIpc) is 3.36. The minimum Gasteiger partial charge on any atom is -0.546 e. The summed E-state index contributed by atoms with van der Waals surface area (Å²) in [7, 11) is 0. The van der Waals surface area contributed by atoms with Crippen LogP contribution in [0.25, 0.3) is 28.2 Å². The van der Waals surface area contributed by atoms with Gasteiger partial charge < -0.3 is 19.1 Å². The van der Waals surface area contributed by atoms with Gasteiger partial charge in [0.05, 0.1) is 5.97 Å². The van der Waals surface area contributed by atoms with Gasteiger partial charge in [0.1, 0.15) is 18.1 Å². The first-order chi connectivity index (χ1) is 17.6. The number of aromatic nitrogens is 1. The van der Waals surface area contributed by atoms with Crippen LogP contribution in [0.15, 0.2) is 89.4 Å². The van der Waals surface area contributed by atoms with E-state index in [1.807, 2.05) is 67.6 Å². The topological polar surface area (TPSA) is 75.4 Å². The quantitative estimate of drug-likeness (QED) is 0.316. The van der Waals surface area contributed by atoms with E-state index >= 15 is 0 Å². The Bertz CT molecular complexity index is 1320. The van der Waals surface area contributed by atoms with Crippen LogP contribution in [-0.2, 0) is 11.2 Å². The van der Waals surface area contributed by atoms with Gasteiger partial charge in [-0.05, 0) is 55.7 Å². The molecule has 0 saturated carbocycles. The minimum absolute atomic E-state index is 0.237. The molecule has 0 radical (unpaired) electrons. The summed E-state index contributed by atoms with van der Waals surface area (Å²) in [5.74, 6) is 1.02. The molecule has 0 aliphatic heterocycles. The molecule has 1 heterocycles. The Balaban J connectivity index is 1.48. The van der Waals surface area contributed by atoms with Crippen LogP contribution in [0.1, 0.15) is 36.3 Å². The highest BCUT2D eigenvalue weighted by atomic mass is 16.5. The van der Waals surface area contributed by atoms with Crippen LogP contribution in [0.4, 0.5) is 0 Å². The van der Waals surface area contributed by atoms with Gasteiger partial charge in [0.25, 0.3) is 0 Å². The Labute approximate surface area is 211 Å². The molecule has 0 saturated heterocycles. The summed E-state index contributed by atoms with van der Waals surface area (Å²) in [4.78, 5) is 15.9. The number of hydrogen-bond acceptors (Lipinski definition) is 5. The number of hydrogen-bond donors (Lipinski definition) is 0. The predicted octanol–water partition coefficient (Wildman–Crippen LogP) is 5.87. The Morgan fingerprint density at radius 1 is 1.03 bits per heavy atom. The summed E-state index contributed by atoms with van der Waals surface area (Å²) in [6.07, 6.45) is 6.16. The lowest BCUT2D eigenvalue weighted by atomic mass is 9.83. The van der Waals surface area contributed by atoms with Gasteiger partial charge in [-0.3, -0.25) is 0 Å². The van der Waals surface area contributed by atoms with Crippen molar-refractivity contribution >= 4 is 11.5 Å². The molecule has 5 heteroatoms. The zero-order chi connectivity index (χ0) is 24.9. The Morgan fingerprint density at radius 2 is 1.75 bits per heavy atom. The van der Waals surface area contributed by atoms with Crippen molar-refractivity contribution in [2.45, 2.75) is 32.6 Å². The number of rotatable bonds is 8. The van der Waals surface area contributed by atoms with E-state index in [0.717, 1.165) is 65.0 Å². The van der Waals surface area contributed by atoms with E-state index in [1.165, 1.54) is 0 Å². The first-order valence-electron chi connectivity index (χ1n) is 12.3. The zero-order valence-electron chi connectivity index (χ0n) is 20.3. The SMILES string of the molecule is Cc1ccc(CC2CCCC=C2c2nc(-c3ccccc3)c(-c3ccccc3)o2)cc1OCC(=O)[O-]. The van der Waals surface area contributed by atoms with Gasteiger partial charge in [0.15, 0.2) is 5.76 Å². The lowest BCUT2D eigenvalue weighted by Gasteiger charge is -2.23. The fraction of sp³-hybridized carbons (Fsp3) is 0.226. The first kappa shape index (κ1) is 23.6. The van der Waals surface area contributed by atoms with Gasteiger partial charge in [-0.15, -0.1) is 0 Å². The molecule has 0 amide bonds. The molecule has 1 aromatic heterocycles. The number of ether oxygens (including phenoxy) is 1. The molecule has 1 aliphatic carbocycles. The van der Waals surface area contributed by atoms with Crippen molar-refractivity contribution in [3.63, 3.8) is 0 Å². The maximum Gasteiger partial charge on any atom is 0.223 e. The molecule has 182 valence electrons. The summed E-state index contributed by atoms with van der Waals surface area (Å²) in [6.45, 7) is 1.45.